The van der Waals surface area contributed by atoms with Crippen LogP contribution < -0.4 is 30.8 Å². The Labute approximate surface area is 171 Å². The van der Waals surface area contributed by atoms with Crippen LogP contribution in [0, 0.1) is 5.41 Å². The second kappa shape index (κ2) is 18.5. The quantitative estimate of drug-likeness (QED) is 0.108. The van der Waals surface area contributed by atoms with Crippen molar-refractivity contribution in [1.82, 2.24) is 30.8 Å². The van der Waals surface area contributed by atoms with Gasteiger partial charge in [0, 0.05) is 5.41 Å². The molecule has 0 saturated carbocycles. The molecule has 0 radical (unpaired) electrons. The van der Waals surface area contributed by atoms with Gasteiger partial charge >= 0.3 is 30.8 Å². The van der Waals surface area contributed by atoms with E-state index in [1.54, 1.807) is 0 Å². The summed E-state index contributed by atoms with van der Waals surface area (Å²) in [5.41, 5.74) is -11.4. The molecule has 0 spiro atoms. The second-order valence-electron chi connectivity index (χ2n) is 4.28. The molecule has 0 unspecified atom stereocenters. The van der Waals surface area contributed by atoms with Gasteiger partial charge in [0.1, 0.15) is 6.29 Å². The van der Waals surface area contributed by atoms with Gasteiger partial charge in [0.25, 0.3) is 0 Å². The van der Waals surface area contributed by atoms with Crippen molar-refractivity contribution in [3.8, 4) is 0 Å². The molecule has 0 bridgehead atoms. The Morgan fingerprint density at radius 3 is 0.714 bits per heavy atom. The molecular formula is C7H25F6N5O7OsS2. The number of carbonyl (C=O) groups is 1. The van der Waals surface area contributed by atoms with E-state index in [-0.39, 0.29) is 56.0 Å². The summed E-state index contributed by atoms with van der Waals surface area (Å²) in [7, 11) is -12.2. The number of carbonyl (C=O) groups excluding carboxylic acids is 1. The molecule has 0 aliphatic rings. The van der Waals surface area contributed by atoms with Crippen LogP contribution in [0.15, 0.2) is 0 Å². The van der Waals surface area contributed by atoms with Crippen molar-refractivity contribution in [2.45, 2.75) is 31.8 Å². The fraction of sp³-hybridized carbons (Fsp3) is 0.857. The van der Waals surface area contributed by atoms with E-state index in [9.17, 15) is 31.1 Å². The largest absolute Gasteiger partial charge is 2.00 e. The minimum atomic E-state index is -6.09. The maximum Gasteiger partial charge on any atom is 2.00 e. The molecule has 0 amide bonds. The minimum absolute atomic E-state index is 0. The number of aldehydes is 1. The van der Waals surface area contributed by atoms with Gasteiger partial charge in [-0.05, 0) is 0 Å². The Morgan fingerprint density at radius 1 is 0.643 bits per heavy atom. The van der Waals surface area contributed by atoms with E-state index in [1.165, 1.54) is 0 Å². The summed E-state index contributed by atoms with van der Waals surface area (Å²) in [6, 6.07) is 0. The van der Waals surface area contributed by atoms with Crippen LogP contribution in [0.4, 0.5) is 26.3 Å². The summed E-state index contributed by atoms with van der Waals surface area (Å²) in [6.07, 6.45) is 0.938. The van der Waals surface area contributed by atoms with E-state index >= 15 is 0 Å². The molecule has 12 nitrogen and oxygen atoms in total. The molecule has 0 aromatic rings. The van der Waals surface area contributed by atoms with Gasteiger partial charge in [-0.1, -0.05) is 20.8 Å². The van der Waals surface area contributed by atoms with Gasteiger partial charge in [-0.25, -0.2) is 16.8 Å². The molecule has 0 aromatic heterocycles. The SMILES string of the molecule is CC(C)(C)C=O.N.N.N.N.N.O=S(=O)([O-])C(F)(F)F.O=S(=O)([O-])C(F)(F)F.[Os+2]. The van der Waals surface area contributed by atoms with Crippen LogP contribution in [0.1, 0.15) is 20.8 Å². The van der Waals surface area contributed by atoms with E-state index in [0.29, 0.717) is 0 Å². The van der Waals surface area contributed by atoms with E-state index in [4.69, 9.17) is 25.9 Å². The van der Waals surface area contributed by atoms with Crippen molar-refractivity contribution in [2.75, 3.05) is 0 Å². The number of rotatable bonds is 0. The number of hydrogen-bond acceptors (Lipinski definition) is 12. The van der Waals surface area contributed by atoms with Crippen molar-refractivity contribution >= 4 is 26.5 Å². The Hall–Kier alpha value is -0.494. The molecule has 28 heavy (non-hydrogen) atoms. The first-order chi connectivity index (χ1) is 9.06. The molecule has 182 valence electrons. The Morgan fingerprint density at radius 2 is 0.714 bits per heavy atom. The topological polar surface area (TPSA) is 306 Å². The van der Waals surface area contributed by atoms with Crippen molar-refractivity contribution in [1.29, 1.82) is 0 Å². The van der Waals surface area contributed by atoms with Gasteiger partial charge in [0.2, 0.25) is 0 Å². The summed E-state index contributed by atoms with van der Waals surface area (Å²) in [6.45, 7) is 5.62. The zero-order chi connectivity index (χ0) is 19.2. The first-order valence-corrected chi connectivity index (χ1v) is 7.38. The van der Waals surface area contributed by atoms with Crippen molar-refractivity contribution < 1.29 is 76.9 Å². The van der Waals surface area contributed by atoms with Crippen molar-refractivity contribution in [3.05, 3.63) is 0 Å². The summed E-state index contributed by atoms with van der Waals surface area (Å²) in [4.78, 5) is 9.83. The van der Waals surface area contributed by atoms with Crippen LogP contribution in [0.25, 0.3) is 0 Å². The first kappa shape index (κ1) is 56.4. The van der Waals surface area contributed by atoms with E-state index < -0.39 is 31.3 Å². The minimum Gasteiger partial charge on any atom is -0.741 e. The monoisotopic (exact) mass is 661 g/mol. The van der Waals surface area contributed by atoms with Crippen molar-refractivity contribution in [3.63, 3.8) is 0 Å². The maximum atomic E-state index is 10.7. The molecule has 0 aliphatic heterocycles. The van der Waals surface area contributed by atoms with Gasteiger partial charge < -0.3 is 44.7 Å². The Kier molecular flexibility index (Phi) is 37.3. The third-order valence-electron chi connectivity index (χ3n) is 0.921. The predicted molar refractivity (Wildman–Crippen MR) is 82.1 cm³/mol. The molecule has 0 aromatic carbocycles. The molecule has 0 rings (SSSR count). The standard InChI is InChI=1S/C5H10O.2CHF3O3S.5H3N.Os/c1-5(2,3)4-6;2*2-1(3,4)8(5,6)7;;;;;;/h4H,1-3H3;2*(H,5,6,7);5*1H3;/q;;;;;;;;+2/p-2. The van der Waals surface area contributed by atoms with Crippen LogP contribution in [0.2, 0.25) is 0 Å². The second-order valence-corrected chi connectivity index (χ2v) is 7.03. The summed E-state index contributed by atoms with van der Waals surface area (Å²) < 4.78 is 118. The van der Waals surface area contributed by atoms with Crippen LogP contribution in [-0.2, 0) is 44.8 Å². The van der Waals surface area contributed by atoms with Crippen LogP contribution in [0.3, 0.4) is 0 Å². The van der Waals surface area contributed by atoms with Crippen molar-refractivity contribution in [2.24, 2.45) is 5.41 Å². The third kappa shape index (κ3) is 36.4. The average Bonchev–Trinajstić information content (AvgIpc) is 2.11. The maximum absolute atomic E-state index is 10.7. The van der Waals surface area contributed by atoms with Gasteiger partial charge in [-0.2, -0.15) is 26.3 Å². The molecular weight excluding hydrogens is 634 g/mol. The molecule has 15 N–H and O–H groups in total. The van der Waals surface area contributed by atoms with Gasteiger partial charge in [0.05, 0.1) is 0 Å². The smallest absolute Gasteiger partial charge is 0.741 e. The fourth-order valence-electron chi connectivity index (χ4n) is 0. The summed E-state index contributed by atoms with van der Waals surface area (Å²) >= 11 is 0. The fourth-order valence-corrected chi connectivity index (χ4v) is 0. The van der Waals surface area contributed by atoms with E-state index in [2.05, 4.69) is 0 Å². The Balaban J connectivity index is -0.0000000252. The van der Waals surface area contributed by atoms with Crippen LogP contribution in [-0.4, -0.2) is 43.2 Å². The predicted octanol–water partition coefficient (Wildman–Crippen LogP) is 2.14. The molecule has 0 saturated heterocycles. The number of halogens is 6. The Bertz CT molecular complexity index is 520. The molecule has 0 atom stereocenters. The van der Waals surface area contributed by atoms with E-state index in [1.807, 2.05) is 20.8 Å². The van der Waals surface area contributed by atoms with Crippen LogP contribution >= 0.6 is 0 Å². The summed E-state index contributed by atoms with van der Waals surface area (Å²) in [5.74, 6) is 0. The molecule has 0 heterocycles. The summed E-state index contributed by atoms with van der Waals surface area (Å²) in [5, 5.41) is 0. The van der Waals surface area contributed by atoms with E-state index in [0.717, 1.165) is 6.29 Å². The zero-order valence-electron chi connectivity index (χ0n) is 14.9. The van der Waals surface area contributed by atoms with Crippen LogP contribution in [0.5, 0.6) is 0 Å². The number of hydrogen-bond donors (Lipinski definition) is 5. The van der Waals surface area contributed by atoms with Gasteiger partial charge in [-0.3, -0.25) is 0 Å². The zero-order valence-corrected chi connectivity index (χ0v) is 19.1. The normalized spacial score (nSPS) is 10.4. The number of alkyl halides is 6. The van der Waals surface area contributed by atoms with Gasteiger partial charge in [-0.15, -0.1) is 0 Å². The molecule has 0 aliphatic carbocycles. The average molecular weight is 660 g/mol. The first-order valence-electron chi connectivity index (χ1n) is 4.57. The third-order valence-corrected chi connectivity index (χ3v) is 2.05. The molecule has 21 heteroatoms. The van der Waals surface area contributed by atoms with Gasteiger partial charge in [0.15, 0.2) is 20.2 Å². The molecule has 0 fully saturated rings.